The standard InChI is InChI=1S/C26H32N6O7/c1-13-22(34)17(9-15-5-3-7-27-10-15)30-24(36)19(31-26(38)21-18(33)6-4-8-28-21)14(2)29-25(37)20(32-23(13)35)16-11-39-12-16/h3-8,10,13-14,16-17,19-20,22,33-34H,9,11-12H2,1-2H3,(H,29,37)(H,30,36)(H,31,38)(H,32,35). The molecule has 6 N–H and O–H groups in total. The molecule has 0 aliphatic carbocycles. The van der Waals surface area contributed by atoms with E-state index in [1.54, 1.807) is 24.5 Å². The number of nitrogens with zero attached hydrogens (tertiary/aromatic N) is 2. The number of aromatic nitrogens is 2. The molecule has 2 aromatic heterocycles. The first kappa shape index (κ1) is 27.9. The molecule has 2 aromatic rings. The number of aliphatic hydroxyl groups is 1. The molecular weight excluding hydrogens is 508 g/mol. The Morgan fingerprint density at radius 3 is 2.44 bits per heavy atom. The van der Waals surface area contributed by atoms with Gasteiger partial charge in [0.15, 0.2) is 5.69 Å². The third kappa shape index (κ3) is 6.49. The predicted octanol–water partition coefficient (Wildman–Crippen LogP) is -1.35. The highest BCUT2D eigenvalue weighted by Gasteiger charge is 2.41. The van der Waals surface area contributed by atoms with E-state index in [9.17, 15) is 29.4 Å². The molecule has 2 fully saturated rings. The van der Waals surface area contributed by atoms with E-state index in [0.717, 1.165) is 0 Å². The van der Waals surface area contributed by atoms with E-state index in [2.05, 4.69) is 31.2 Å². The van der Waals surface area contributed by atoms with E-state index in [4.69, 9.17) is 4.74 Å². The minimum atomic E-state index is -1.35. The highest BCUT2D eigenvalue weighted by atomic mass is 16.5. The molecule has 2 aliphatic rings. The summed E-state index contributed by atoms with van der Waals surface area (Å²) in [5, 5.41) is 32.0. The summed E-state index contributed by atoms with van der Waals surface area (Å²) < 4.78 is 5.22. The van der Waals surface area contributed by atoms with Crippen LogP contribution in [0.4, 0.5) is 0 Å². The van der Waals surface area contributed by atoms with Crippen molar-refractivity contribution < 1.29 is 34.1 Å². The molecule has 13 heteroatoms. The van der Waals surface area contributed by atoms with Gasteiger partial charge < -0.3 is 36.2 Å². The van der Waals surface area contributed by atoms with E-state index in [1.165, 1.54) is 32.2 Å². The number of ether oxygens (including phenoxy) is 1. The van der Waals surface area contributed by atoms with Gasteiger partial charge in [0.1, 0.15) is 17.8 Å². The quantitative estimate of drug-likeness (QED) is 0.266. The number of aromatic hydroxyl groups is 1. The third-order valence-corrected chi connectivity index (χ3v) is 7.00. The number of hydrogen-bond acceptors (Lipinski definition) is 9. The second-order valence-corrected chi connectivity index (χ2v) is 9.86. The largest absolute Gasteiger partial charge is 0.505 e. The van der Waals surface area contributed by atoms with Gasteiger partial charge in [-0.2, -0.15) is 0 Å². The fourth-order valence-corrected chi connectivity index (χ4v) is 4.53. The highest BCUT2D eigenvalue weighted by Crippen LogP contribution is 2.20. The Labute approximate surface area is 224 Å². The van der Waals surface area contributed by atoms with Gasteiger partial charge in [-0.25, -0.2) is 4.98 Å². The Morgan fingerprint density at radius 1 is 1.05 bits per heavy atom. The lowest BCUT2D eigenvalue weighted by molar-refractivity contribution is -0.141. The molecule has 0 radical (unpaired) electrons. The molecule has 0 spiro atoms. The topological polar surface area (TPSA) is 192 Å². The van der Waals surface area contributed by atoms with Gasteiger partial charge in [-0.1, -0.05) is 13.0 Å². The predicted molar refractivity (Wildman–Crippen MR) is 136 cm³/mol. The first-order valence-corrected chi connectivity index (χ1v) is 12.7. The minimum Gasteiger partial charge on any atom is -0.505 e. The van der Waals surface area contributed by atoms with Gasteiger partial charge in [0.25, 0.3) is 5.91 Å². The highest BCUT2D eigenvalue weighted by molar-refractivity contribution is 5.98. The molecule has 2 aliphatic heterocycles. The molecule has 4 rings (SSSR count). The number of aliphatic hydroxyl groups excluding tert-OH is 1. The first-order valence-electron chi connectivity index (χ1n) is 12.7. The lowest BCUT2D eigenvalue weighted by Crippen LogP contribution is -2.65. The molecule has 4 heterocycles. The molecule has 208 valence electrons. The third-order valence-electron chi connectivity index (χ3n) is 7.00. The van der Waals surface area contributed by atoms with E-state index >= 15 is 0 Å². The molecule has 4 amide bonds. The van der Waals surface area contributed by atoms with Crippen molar-refractivity contribution in [2.75, 3.05) is 13.2 Å². The van der Waals surface area contributed by atoms with Crippen molar-refractivity contribution in [2.24, 2.45) is 11.8 Å². The van der Waals surface area contributed by atoms with Gasteiger partial charge >= 0.3 is 0 Å². The van der Waals surface area contributed by atoms with E-state index < -0.39 is 59.8 Å². The van der Waals surface area contributed by atoms with Crippen LogP contribution in [-0.2, 0) is 25.5 Å². The Morgan fingerprint density at radius 2 is 1.79 bits per heavy atom. The zero-order valence-corrected chi connectivity index (χ0v) is 21.5. The second-order valence-electron chi connectivity index (χ2n) is 9.86. The lowest BCUT2D eigenvalue weighted by atomic mass is 9.90. The summed E-state index contributed by atoms with van der Waals surface area (Å²) >= 11 is 0. The SMILES string of the molecule is CC1NC(=O)C(C2COC2)NC(=O)C(C)C(O)C(Cc2cccnc2)NC(=O)C1NC(=O)c1ncccc1O. The van der Waals surface area contributed by atoms with Crippen molar-refractivity contribution in [3.05, 3.63) is 54.1 Å². The molecule has 0 bridgehead atoms. The van der Waals surface area contributed by atoms with Crippen LogP contribution in [0.15, 0.2) is 42.9 Å². The van der Waals surface area contributed by atoms with Crippen LogP contribution in [0.5, 0.6) is 5.75 Å². The van der Waals surface area contributed by atoms with Gasteiger partial charge in [0.05, 0.1) is 37.3 Å². The second kappa shape index (κ2) is 12.2. The summed E-state index contributed by atoms with van der Waals surface area (Å²) in [6.07, 6.45) is 3.28. The first-order chi connectivity index (χ1) is 18.7. The Bertz CT molecular complexity index is 1210. The van der Waals surface area contributed by atoms with Crippen molar-refractivity contribution in [1.29, 1.82) is 0 Å². The molecule has 6 atom stereocenters. The van der Waals surface area contributed by atoms with Gasteiger partial charge in [-0.3, -0.25) is 24.2 Å². The Hall–Kier alpha value is -4.10. The average molecular weight is 541 g/mol. The average Bonchev–Trinajstić information content (AvgIpc) is 2.89. The zero-order valence-electron chi connectivity index (χ0n) is 21.5. The molecule has 39 heavy (non-hydrogen) atoms. The number of nitrogens with one attached hydrogen (secondary N) is 4. The summed E-state index contributed by atoms with van der Waals surface area (Å²) in [7, 11) is 0. The van der Waals surface area contributed by atoms with E-state index in [1.807, 2.05) is 0 Å². The molecule has 2 saturated heterocycles. The van der Waals surface area contributed by atoms with Crippen LogP contribution >= 0.6 is 0 Å². The van der Waals surface area contributed by atoms with Crippen molar-refractivity contribution in [1.82, 2.24) is 31.2 Å². The number of carbonyl (C=O) groups excluding carboxylic acids is 4. The molecule has 0 saturated carbocycles. The Kier molecular flexibility index (Phi) is 8.72. The van der Waals surface area contributed by atoms with Crippen molar-refractivity contribution in [3.8, 4) is 5.75 Å². The number of carbonyl (C=O) groups is 4. The molecular formula is C26H32N6O7. The van der Waals surface area contributed by atoms with Crippen LogP contribution in [-0.4, -0.2) is 87.3 Å². The van der Waals surface area contributed by atoms with Crippen molar-refractivity contribution >= 4 is 23.6 Å². The number of hydrogen-bond donors (Lipinski definition) is 6. The van der Waals surface area contributed by atoms with Gasteiger partial charge in [0.2, 0.25) is 17.7 Å². The summed E-state index contributed by atoms with van der Waals surface area (Å²) in [5.74, 6) is -4.35. The van der Waals surface area contributed by atoms with Crippen LogP contribution < -0.4 is 21.3 Å². The van der Waals surface area contributed by atoms with Crippen LogP contribution in [0.2, 0.25) is 0 Å². The van der Waals surface area contributed by atoms with E-state index in [0.29, 0.717) is 5.56 Å². The smallest absolute Gasteiger partial charge is 0.274 e. The van der Waals surface area contributed by atoms with Gasteiger partial charge in [-0.15, -0.1) is 0 Å². The van der Waals surface area contributed by atoms with Gasteiger partial charge in [-0.05, 0) is 37.1 Å². The van der Waals surface area contributed by atoms with E-state index in [-0.39, 0.29) is 37.0 Å². The lowest BCUT2D eigenvalue weighted by Gasteiger charge is -2.37. The maximum absolute atomic E-state index is 13.6. The molecule has 6 unspecified atom stereocenters. The Balaban J connectivity index is 1.67. The van der Waals surface area contributed by atoms with Crippen LogP contribution in [0.3, 0.4) is 0 Å². The fraction of sp³-hybridized carbons (Fsp3) is 0.462. The number of pyridine rings is 2. The zero-order chi connectivity index (χ0) is 28.1. The summed E-state index contributed by atoms with van der Waals surface area (Å²) in [6.45, 7) is 3.55. The van der Waals surface area contributed by atoms with Crippen LogP contribution in [0, 0.1) is 11.8 Å². The fourth-order valence-electron chi connectivity index (χ4n) is 4.53. The number of rotatable bonds is 5. The normalized spacial score (nSPS) is 28.5. The summed E-state index contributed by atoms with van der Waals surface area (Å²) in [4.78, 5) is 60.9. The van der Waals surface area contributed by atoms with Gasteiger partial charge in [0, 0.05) is 24.5 Å². The maximum Gasteiger partial charge on any atom is 0.274 e. The van der Waals surface area contributed by atoms with Crippen molar-refractivity contribution in [2.45, 2.75) is 50.5 Å². The maximum atomic E-state index is 13.6. The van der Waals surface area contributed by atoms with Crippen LogP contribution in [0.1, 0.15) is 29.9 Å². The van der Waals surface area contributed by atoms with Crippen molar-refractivity contribution in [3.63, 3.8) is 0 Å². The summed E-state index contributed by atoms with van der Waals surface area (Å²) in [6, 6.07) is 2.00. The minimum absolute atomic E-state index is 0.140. The monoisotopic (exact) mass is 540 g/mol. The molecule has 13 nitrogen and oxygen atoms in total. The number of amides is 4. The molecule has 0 aromatic carbocycles. The summed E-state index contributed by atoms with van der Waals surface area (Å²) in [5.41, 5.74) is 0.402. The van der Waals surface area contributed by atoms with Crippen LogP contribution in [0.25, 0.3) is 0 Å².